The van der Waals surface area contributed by atoms with Gasteiger partial charge in [0.25, 0.3) is 0 Å². The van der Waals surface area contributed by atoms with Gasteiger partial charge in [0.15, 0.2) is 0 Å². The molecule has 3 nitrogen and oxygen atoms in total. The number of aliphatic imine (C=N–C) groups is 1. The van der Waals surface area contributed by atoms with Crippen molar-refractivity contribution in [2.24, 2.45) is 10.7 Å². The number of allylic oxidation sites excluding steroid dienone is 3. The fraction of sp³-hybridized carbons (Fsp3) is 0.0769. The second-order valence-electron chi connectivity index (χ2n) is 3.82. The number of rotatable bonds is 3. The zero-order valence-corrected chi connectivity index (χ0v) is 11.1. The van der Waals surface area contributed by atoms with E-state index in [-0.39, 0.29) is 5.78 Å². The summed E-state index contributed by atoms with van der Waals surface area (Å²) < 4.78 is 0. The number of ketones is 1. The zero-order valence-electron chi connectivity index (χ0n) is 9.58. The molecule has 1 heterocycles. The van der Waals surface area contributed by atoms with E-state index in [1.807, 2.05) is 0 Å². The zero-order chi connectivity index (χ0) is 13.3. The van der Waals surface area contributed by atoms with Crippen molar-refractivity contribution in [2.45, 2.75) is 6.92 Å². The smallest absolute Gasteiger partial charge is 0.206 e. The highest BCUT2D eigenvalue weighted by Gasteiger charge is 2.21. The quantitative estimate of drug-likeness (QED) is 0.865. The maximum atomic E-state index is 11.7. The minimum atomic E-state index is -0.232. The normalized spacial score (nSPS) is 14.7. The van der Waals surface area contributed by atoms with Gasteiger partial charge in [-0.1, -0.05) is 29.3 Å². The van der Waals surface area contributed by atoms with Gasteiger partial charge in [-0.05, 0) is 36.8 Å². The Balaban J connectivity index is 2.13. The Morgan fingerprint density at radius 1 is 1.39 bits per heavy atom. The van der Waals surface area contributed by atoms with E-state index in [0.717, 1.165) is 0 Å². The van der Waals surface area contributed by atoms with Crippen molar-refractivity contribution in [2.75, 3.05) is 0 Å². The van der Waals surface area contributed by atoms with Crippen LogP contribution in [-0.4, -0.2) is 11.5 Å². The molecule has 0 aliphatic carbocycles. The van der Waals surface area contributed by atoms with Crippen LogP contribution in [0.2, 0.25) is 10.0 Å². The van der Waals surface area contributed by atoms with Crippen LogP contribution in [0.25, 0.3) is 6.08 Å². The predicted molar refractivity (Wildman–Crippen MR) is 74.8 cm³/mol. The van der Waals surface area contributed by atoms with Crippen molar-refractivity contribution in [1.82, 2.24) is 0 Å². The second-order valence-corrected chi connectivity index (χ2v) is 4.67. The van der Waals surface area contributed by atoms with Gasteiger partial charge in [0, 0.05) is 10.0 Å². The molecule has 1 aromatic rings. The summed E-state index contributed by atoms with van der Waals surface area (Å²) in [6, 6.07) is 5.06. The van der Waals surface area contributed by atoms with Gasteiger partial charge in [0.05, 0.1) is 11.4 Å². The molecule has 1 aliphatic rings. The lowest BCUT2D eigenvalue weighted by Gasteiger charge is -2.13. The van der Waals surface area contributed by atoms with Gasteiger partial charge in [0.2, 0.25) is 5.78 Å². The number of benzene rings is 1. The average Bonchev–Trinajstić information content (AvgIpc) is 2.34. The van der Waals surface area contributed by atoms with E-state index in [2.05, 4.69) is 4.99 Å². The van der Waals surface area contributed by atoms with Crippen LogP contribution in [0.15, 0.2) is 40.7 Å². The van der Waals surface area contributed by atoms with E-state index in [1.165, 1.54) is 6.08 Å². The fourth-order valence-electron chi connectivity index (χ4n) is 1.48. The number of carbonyl (C=O) groups excluding carboxylic acids is 1. The first-order chi connectivity index (χ1) is 8.49. The van der Waals surface area contributed by atoms with Gasteiger partial charge < -0.3 is 5.73 Å². The molecule has 92 valence electrons. The molecule has 2 rings (SSSR count). The Labute approximate surface area is 115 Å². The summed E-state index contributed by atoms with van der Waals surface area (Å²) in [7, 11) is 0. The van der Waals surface area contributed by atoms with Crippen molar-refractivity contribution >= 4 is 40.8 Å². The van der Waals surface area contributed by atoms with Gasteiger partial charge in [0.1, 0.15) is 5.71 Å². The molecule has 0 saturated heterocycles. The lowest BCUT2D eigenvalue weighted by Crippen LogP contribution is -2.27. The average molecular weight is 281 g/mol. The highest BCUT2D eigenvalue weighted by atomic mass is 35.5. The molecule has 0 saturated carbocycles. The summed E-state index contributed by atoms with van der Waals surface area (Å²) in [5.41, 5.74) is 7.79. The molecule has 0 amide bonds. The first-order valence-corrected chi connectivity index (χ1v) is 5.97. The van der Waals surface area contributed by atoms with Crippen LogP contribution in [0.5, 0.6) is 0 Å². The van der Waals surface area contributed by atoms with Gasteiger partial charge in [-0.25, -0.2) is 4.99 Å². The molecule has 1 aromatic carbocycles. The lowest BCUT2D eigenvalue weighted by molar-refractivity contribution is -0.108. The monoisotopic (exact) mass is 280 g/mol. The van der Waals surface area contributed by atoms with E-state index in [4.69, 9.17) is 28.9 Å². The molecule has 5 heteroatoms. The maximum Gasteiger partial charge on any atom is 0.206 e. The van der Waals surface area contributed by atoms with Gasteiger partial charge in [-0.3, -0.25) is 4.79 Å². The Hall–Kier alpha value is -1.58. The van der Waals surface area contributed by atoms with Crippen LogP contribution in [0.3, 0.4) is 0 Å². The first-order valence-electron chi connectivity index (χ1n) is 5.22. The highest BCUT2D eigenvalue weighted by Crippen LogP contribution is 2.22. The fourth-order valence-corrected chi connectivity index (χ4v) is 1.95. The molecule has 0 unspecified atom stereocenters. The third-order valence-electron chi connectivity index (χ3n) is 2.53. The number of hydrogen-bond donors (Lipinski definition) is 1. The number of nitrogens with zero attached hydrogens (tertiary/aromatic N) is 1. The lowest BCUT2D eigenvalue weighted by atomic mass is 10.1. The SMILES string of the molecule is CC1=C(N)C(C(=O)/C=C/c2ccc(Cl)cc2Cl)=N1. The van der Waals surface area contributed by atoms with Crippen LogP contribution >= 0.6 is 23.2 Å². The summed E-state index contributed by atoms with van der Waals surface area (Å²) in [4.78, 5) is 15.7. The Morgan fingerprint density at radius 2 is 2.11 bits per heavy atom. The first kappa shape index (κ1) is 12.9. The molecule has 1 aliphatic heterocycles. The van der Waals surface area contributed by atoms with Crippen molar-refractivity contribution in [3.05, 3.63) is 51.3 Å². The summed E-state index contributed by atoms with van der Waals surface area (Å²) in [5, 5.41) is 1.04. The molecular formula is C13H10Cl2N2O. The maximum absolute atomic E-state index is 11.7. The predicted octanol–water partition coefficient (Wildman–Crippen LogP) is 3.22. The standard InChI is InChI=1S/C13H10Cl2N2O/c1-7-12(16)13(17-7)11(18)5-3-8-2-4-9(14)6-10(8)15/h2-6H,16H2,1H3/b5-3+. The van der Waals surface area contributed by atoms with Crippen LogP contribution in [0.1, 0.15) is 12.5 Å². The van der Waals surface area contributed by atoms with E-state index < -0.39 is 0 Å². The van der Waals surface area contributed by atoms with Crippen molar-refractivity contribution in [1.29, 1.82) is 0 Å². The van der Waals surface area contributed by atoms with Crippen molar-refractivity contribution < 1.29 is 4.79 Å². The Morgan fingerprint density at radius 3 is 2.67 bits per heavy atom. The number of halogens is 2. The molecule has 0 bridgehead atoms. The summed E-state index contributed by atoms with van der Waals surface area (Å²) in [6.45, 7) is 1.76. The minimum Gasteiger partial charge on any atom is -0.395 e. The van der Waals surface area contributed by atoms with Crippen molar-refractivity contribution in [3.8, 4) is 0 Å². The largest absolute Gasteiger partial charge is 0.395 e. The van der Waals surface area contributed by atoms with E-state index in [0.29, 0.717) is 32.7 Å². The minimum absolute atomic E-state index is 0.232. The van der Waals surface area contributed by atoms with Crippen LogP contribution < -0.4 is 5.73 Å². The molecule has 2 N–H and O–H groups in total. The number of nitrogens with two attached hydrogens (primary N) is 1. The Bertz CT molecular complexity index is 615. The summed E-state index contributed by atoms with van der Waals surface area (Å²) in [5.74, 6) is -0.232. The van der Waals surface area contributed by atoms with E-state index >= 15 is 0 Å². The highest BCUT2D eigenvalue weighted by molar-refractivity contribution is 6.52. The van der Waals surface area contributed by atoms with Gasteiger partial charge in [-0.2, -0.15) is 0 Å². The van der Waals surface area contributed by atoms with Crippen LogP contribution in [0.4, 0.5) is 0 Å². The number of hydrogen-bond acceptors (Lipinski definition) is 3. The topological polar surface area (TPSA) is 55.5 Å². The molecule has 0 atom stereocenters. The third kappa shape index (κ3) is 2.47. The van der Waals surface area contributed by atoms with Crippen LogP contribution in [-0.2, 0) is 4.79 Å². The molecule has 18 heavy (non-hydrogen) atoms. The third-order valence-corrected chi connectivity index (χ3v) is 3.10. The molecule has 0 aromatic heterocycles. The second kappa shape index (κ2) is 4.96. The molecule has 0 fully saturated rings. The van der Waals surface area contributed by atoms with Crippen LogP contribution in [0, 0.1) is 0 Å². The van der Waals surface area contributed by atoms with Gasteiger partial charge >= 0.3 is 0 Å². The number of carbonyl (C=O) groups is 1. The Kier molecular flexibility index (Phi) is 3.55. The summed E-state index contributed by atoms with van der Waals surface area (Å²) >= 11 is 11.8. The molecule has 0 radical (unpaired) electrons. The van der Waals surface area contributed by atoms with Gasteiger partial charge in [-0.15, -0.1) is 0 Å². The van der Waals surface area contributed by atoms with E-state index in [9.17, 15) is 4.79 Å². The summed E-state index contributed by atoms with van der Waals surface area (Å²) in [6.07, 6.45) is 3.01. The van der Waals surface area contributed by atoms with Crippen molar-refractivity contribution in [3.63, 3.8) is 0 Å². The molecule has 0 spiro atoms. The molecular weight excluding hydrogens is 271 g/mol. The van der Waals surface area contributed by atoms with E-state index in [1.54, 1.807) is 31.2 Å².